The second-order valence-electron chi connectivity index (χ2n) is 7.01. The maximum Gasteiger partial charge on any atom is 0.333 e. The van der Waals surface area contributed by atoms with Crippen LogP contribution in [0.2, 0.25) is 0 Å². The minimum absolute atomic E-state index is 0.0716. The van der Waals surface area contributed by atoms with Gasteiger partial charge in [0.05, 0.1) is 18.0 Å². The van der Waals surface area contributed by atoms with E-state index in [-0.39, 0.29) is 16.7 Å². The smallest absolute Gasteiger partial charge is 0.333 e. The van der Waals surface area contributed by atoms with Crippen LogP contribution in [-0.2, 0) is 27.6 Å². The second kappa shape index (κ2) is 8.17. The number of amides is 2. The van der Waals surface area contributed by atoms with Crippen LogP contribution in [0, 0.1) is 0 Å². The molecule has 9 nitrogen and oxygen atoms in total. The zero-order valence-electron chi connectivity index (χ0n) is 16.0. The molecular weight excluding hydrogens is 382 g/mol. The Morgan fingerprint density at radius 3 is 2.75 bits per heavy atom. The summed E-state index contributed by atoms with van der Waals surface area (Å²) in [7, 11) is -4.24. The molecule has 1 aromatic rings. The highest BCUT2D eigenvalue weighted by Gasteiger charge is 2.29. The highest BCUT2D eigenvalue weighted by Crippen LogP contribution is 2.33. The summed E-state index contributed by atoms with van der Waals surface area (Å²) in [4.78, 5) is 20.7. The number of urea groups is 1. The predicted octanol–water partition coefficient (Wildman–Crippen LogP) is 1.76. The molecule has 0 saturated carbocycles. The monoisotopic (exact) mass is 407 g/mol. The summed E-state index contributed by atoms with van der Waals surface area (Å²) < 4.78 is 32.5. The van der Waals surface area contributed by atoms with Gasteiger partial charge in [0.25, 0.3) is 10.0 Å². The number of anilines is 1. The summed E-state index contributed by atoms with van der Waals surface area (Å²) in [5.41, 5.74) is 8.88. The van der Waals surface area contributed by atoms with E-state index in [1.807, 2.05) is 24.8 Å². The number of aryl methyl sites for hydroxylation is 1. The topological polar surface area (TPSA) is 136 Å². The van der Waals surface area contributed by atoms with Gasteiger partial charge in [0.1, 0.15) is 0 Å². The van der Waals surface area contributed by atoms with E-state index < -0.39 is 16.1 Å². The molecule has 0 saturated heterocycles. The van der Waals surface area contributed by atoms with Gasteiger partial charge < -0.3 is 15.8 Å². The number of rotatable bonds is 5. The fraction of sp³-hybridized carbons (Fsp3) is 0.500. The van der Waals surface area contributed by atoms with Crippen molar-refractivity contribution >= 4 is 27.6 Å². The van der Waals surface area contributed by atoms with Gasteiger partial charge in [-0.25, -0.2) is 17.9 Å². The average molecular weight is 407 g/mol. The van der Waals surface area contributed by atoms with E-state index in [9.17, 15) is 13.2 Å². The molecule has 28 heavy (non-hydrogen) atoms. The van der Waals surface area contributed by atoms with E-state index >= 15 is 0 Å². The van der Waals surface area contributed by atoms with Crippen LogP contribution in [0.4, 0.5) is 10.5 Å². The van der Waals surface area contributed by atoms with Crippen molar-refractivity contribution in [1.82, 2.24) is 9.71 Å². The van der Waals surface area contributed by atoms with E-state index in [1.54, 1.807) is 0 Å². The molecule has 0 unspecified atom stereocenters. The Hall–Kier alpha value is -2.62. The highest BCUT2D eigenvalue weighted by atomic mass is 32.2. The number of hydrogen-bond acceptors (Lipinski definition) is 7. The van der Waals surface area contributed by atoms with Crippen LogP contribution in [0.1, 0.15) is 49.4 Å². The maximum atomic E-state index is 12.6. The lowest BCUT2D eigenvalue weighted by Crippen LogP contribution is -2.38. The maximum absolute atomic E-state index is 12.6. The Balaban J connectivity index is 1.82. The van der Waals surface area contributed by atoms with Crippen LogP contribution in [0.3, 0.4) is 0 Å². The Kier molecular flexibility index (Phi) is 5.87. The van der Waals surface area contributed by atoms with Crippen LogP contribution in [0.25, 0.3) is 0 Å². The second-order valence-corrected chi connectivity index (χ2v) is 8.66. The van der Waals surface area contributed by atoms with Crippen LogP contribution in [-0.4, -0.2) is 38.5 Å². The Bertz CT molecular complexity index is 938. The van der Waals surface area contributed by atoms with Crippen molar-refractivity contribution in [3.05, 3.63) is 34.1 Å². The van der Waals surface area contributed by atoms with Gasteiger partial charge in [0.15, 0.2) is 4.91 Å². The molecule has 0 aromatic carbocycles. The van der Waals surface area contributed by atoms with E-state index in [4.69, 9.17) is 10.5 Å². The molecule has 0 radical (unpaired) electrons. The molecule has 4 N–H and O–H groups in total. The van der Waals surface area contributed by atoms with Gasteiger partial charge >= 0.3 is 6.03 Å². The van der Waals surface area contributed by atoms with Crippen LogP contribution >= 0.6 is 0 Å². The minimum Gasteiger partial charge on any atom is -0.477 e. The normalized spacial score (nSPS) is 17.0. The van der Waals surface area contributed by atoms with Crippen molar-refractivity contribution < 1.29 is 17.9 Å². The van der Waals surface area contributed by atoms with Crippen molar-refractivity contribution in [1.29, 1.82) is 0 Å². The van der Waals surface area contributed by atoms with E-state index in [2.05, 4.69) is 15.3 Å². The molecule has 1 aliphatic heterocycles. The van der Waals surface area contributed by atoms with E-state index in [0.29, 0.717) is 25.3 Å². The highest BCUT2D eigenvalue weighted by molar-refractivity contribution is 7.94. The summed E-state index contributed by atoms with van der Waals surface area (Å²) in [6, 6.07) is -0.875. The van der Waals surface area contributed by atoms with Crippen molar-refractivity contribution in [3.8, 4) is 0 Å². The molecule has 10 heteroatoms. The number of carbonyl (C=O) groups is 1. The van der Waals surface area contributed by atoms with Crippen LogP contribution in [0.5, 0.6) is 0 Å². The first-order chi connectivity index (χ1) is 13.3. The van der Waals surface area contributed by atoms with Gasteiger partial charge in [-0.3, -0.25) is 9.98 Å². The third kappa shape index (κ3) is 4.11. The number of ether oxygens (including phenoxy) is 1. The first-order valence-electron chi connectivity index (χ1n) is 9.27. The summed E-state index contributed by atoms with van der Waals surface area (Å²) in [5.74, 6) is -0.0125. The third-order valence-corrected chi connectivity index (χ3v) is 5.98. The van der Waals surface area contributed by atoms with Crippen molar-refractivity contribution in [3.63, 3.8) is 0 Å². The summed E-state index contributed by atoms with van der Waals surface area (Å²) in [5, 5.41) is 2.69. The van der Waals surface area contributed by atoms with Crippen LogP contribution < -0.4 is 15.8 Å². The summed E-state index contributed by atoms with van der Waals surface area (Å²) >= 11 is 0. The van der Waals surface area contributed by atoms with Crippen molar-refractivity contribution in [2.24, 2.45) is 10.7 Å². The number of sulfonamides is 1. The van der Waals surface area contributed by atoms with Crippen molar-refractivity contribution in [2.75, 3.05) is 18.5 Å². The molecule has 1 aliphatic carbocycles. The Morgan fingerprint density at radius 2 is 2.11 bits per heavy atom. The van der Waals surface area contributed by atoms with Gasteiger partial charge in [-0.15, -0.1) is 0 Å². The number of hydrogen-bond donors (Lipinski definition) is 3. The van der Waals surface area contributed by atoms with Gasteiger partial charge in [0.2, 0.25) is 5.90 Å². The number of nitrogens with two attached hydrogens (primary N) is 1. The van der Waals surface area contributed by atoms with Gasteiger partial charge in [-0.1, -0.05) is 13.8 Å². The molecule has 1 aromatic heterocycles. The SMILES string of the molecule is CC(C)c1ncc2c(c1NC(=O)NS(=O)(=O)/C(=C/N)C1=NCCCO1)CCC2. The molecule has 152 valence electrons. The fourth-order valence-electron chi connectivity index (χ4n) is 3.34. The largest absolute Gasteiger partial charge is 0.477 e. The fourth-order valence-corrected chi connectivity index (χ4v) is 4.28. The third-order valence-electron chi connectivity index (χ3n) is 4.64. The van der Waals surface area contributed by atoms with Gasteiger partial charge in [0, 0.05) is 25.4 Å². The lowest BCUT2D eigenvalue weighted by molar-refractivity contribution is 0.256. The first-order valence-corrected chi connectivity index (χ1v) is 10.8. The van der Waals surface area contributed by atoms with E-state index in [0.717, 1.165) is 42.3 Å². The molecule has 2 amide bonds. The molecular formula is C18H25N5O4S. The Morgan fingerprint density at radius 1 is 1.32 bits per heavy atom. The number of nitrogens with zero attached hydrogens (tertiary/aromatic N) is 2. The standard InChI is InChI=1S/C18H25N5O4S/c1-11(2)15-16(13-6-3-5-12(13)10-21-15)22-18(24)23-28(25,26)14(9-19)17-20-7-4-8-27-17/h9-11H,3-8,19H2,1-2H3,(H2,22,23,24)/b14-9+. The molecule has 0 bridgehead atoms. The average Bonchev–Trinajstić information content (AvgIpc) is 3.11. The van der Waals surface area contributed by atoms with Gasteiger partial charge in [-0.2, -0.15) is 0 Å². The molecule has 0 fully saturated rings. The zero-order chi connectivity index (χ0) is 20.3. The summed E-state index contributed by atoms with van der Waals surface area (Å²) in [6.07, 6.45) is 6.10. The minimum atomic E-state index is -4.24. The van der Waals surface area contributed by atoms with Crippen molar-refractivity contribution in [2.45, 2.75) is 45.4 Å². The summed E-state index contributed by atoms with van der Waals surface area (Å²) in [6.45, 7) is 4.72. The molecule has 0 spiro atoms. The number of nitrogens with one attached hydrogen (secondary N) is 2. The molecule has 0 atom stereocenters. The quantitative estimate of drug-likeness (QED) is 0.680. The van der Waals surface area contributed by atoms with E-state index in [1.165, 1.54) is 0 Å². The molecule has 3 rings (SSSR count). The number of pyridine rings is 1. The zero-order valence-corrected chi connectivity index (χ0v) is 16.8. The number of aromatic nitrogens is 1. The molecule has 2 heterocycles. The van der Waals surface area contributed by atoms with Gasteiger partial charge in [-0.05, 0) is 36.3 Å². The van der Waals surface area contributed by atoms with Crippen LogP contribution in [0.15, 0.2) is 22.3 Å². The number of aliphatic imine (C=N–C) groups is 1. The Labute approximate surface area is 164 Å². The lowest BCUT2D eigenvalue weighted by Gasteiger charge is -2.19. The number of fused-ring (bicyclic) bond motifs is 1. The number of carbonyl (C=O) groups excluding carboxylic acids is 1. The predicted molar refractivity (Wildman–Crippen MR) is 107 cm³/mol. The first kappa shape index (κ1) is 20.1. The molecule has 2 aliphatic rings. The lowest BCUT2D eigenvalue weighted by atomic mass is 10.0.